The fraction of sp³-hybridized carbons (Fsp3) is 0.667. The molecule has 7 heteroatoms. The van der Waals surface area contributed by atoms with E-state index in [1.54, 1.807) is 0 Å². The smallest absolute Gasteiger partial charge is 0.328 e. The molecule has 0 radical (unpaired) electrons. The number of aromatic nitrogens is 2. The first-order valence-corrected chi connectivity index (χ1v) is 8.92. The molecule has 0 amide bonds. The van der Waals surface area contributed by atoms with Gasteiger partial charge in [-0.25, -0.2) is 4.79 Å². The van der Waals surface area contributed by atoms with Crippen molar-refractivity contribution in [1.29, 1.82) is 0 Å². The SMILES string of the molecule is O=C(Cn1ccc(=O)[nH]c1=O)OCC(=O)C12CC3CC(CC(C3)C1)C2. The maximum absolute atomic E-state index is 12.8. The van der Waals surface area contributed by atoms with E-state index in [4.69, 9.17) is 4.74 Å². The lowest BCUT2D eigenvalue weighted by Crippen LogP contribution is -2.51. The van der Waals surface area contributed by atoms with E-state index < -0.39 is 17.2 Å². The molecule has 0 aromatic carbocycles. The van der Waals surface area contributed by atoms with Gasteiger partial charge < -0.3 is 4.74 Å². The summed E-state index contributed by atoms with van der Waals surface area (Å²) in [6.07, 6.45) is 7.81. The summed E-state index contributed by atoms with van der Waals surface area (Å²) in [6, 6.07) is 1.16. The minimum Gasteiger partial charge on any atom is -0.456 e. The number of carbonyl (C=O) groups excluding carboxylic acids is 2. The number of hydrogen-bond donors (Lipinski definition) is 1. The average Bonchev–Trinajstić information content (AvgIpc) is 2.54. The van der Waals surface area contributed by atoms with E-state index in [1.165, 1.54) is 25.5 Å². The molecule has 134 valence electrons. The number of Topliss-reactive ketones (excluding diaryl/α,β-unsaturated/α-hetero) is 1. The van der Waals surface area contributed by atoms with Crippen molar-refractivity contribution in [2.24, 2.45) is 23.2 Å². The van der Waals surface area contributed by atoms with Crippen LogP contribution in [0.5, 0.6) is 0 Å². The Morgan fingerprint density at radius 3 is 2.28 bits per heavy atom. The molecule has 1 aromatic rings. The summed E-state index contributed by atoms with van der Waals surface area (Å²) in [7, 11) is 0. The van der Waals surface area contributed by atoms with E-state index in [-0.39, 0.29) is 24.3 Å². The van der Waals surface area contributed by atoms with Crippen molar-refractivity contribution >= 4 is 11.8 Å². The monoisotopic (exact) mass is 346 g/mol. The highest BCUT2D eigenvalue weighted by Gasteiger charge is 2.54. The number of nitrogens with zero attached hydrogens (tertiary/aromatic N) is 1. The zero-order chi connectivity index (χ0) is 17.6. The number of hydrogen-bond acceptors (Lipinski definition) is 5. The Kier molecular flexibility index (Phi) is 3.89. The Hall–Kier alpha value is -2.18. The number of rotatable bonds is 5. The Morgan fingerprint density at radius 1 is 1.12 bits per heavy atom. The Labute approximate surface area is 144 Å². The van der Waals surface area contributed by atoms with Crippen molar-refractivity contribution < 1.29 is 14.3 Å². The predicted octanol–water partition coefficient (Wildman–Crippen LogP) is 0.865. The molecule has 1 aromatic heterocycles. The highest BCUT2D eigenvalue weighted by molar-refractivity contribution is 5.88. The van der Waals surface area contributed by atoms with Crippen LogP contribution in [0.3, 0.4) is 0 Å². The van der Waals surface area contributed by atoms with Gasteiger partial charge in [0.15, 0.2) is 12.4 Å². The second-order valence-electron chi connectivity index (χ2n) is 8.02. The molecule has 25 heavy (non-hydrogen) atoms. The maximum Gasteiger partial charge on any atom is 0.328 e. The quantitative estimate of drug-likeness (QED) is 0.798. The lowest BCUT2D eigenvalue weighted by molar-refractivity contribution is -0.158. The van der Waals surface area contributed by atoms with Crippen LogP contribution in [-0.2, 0) is 20.9 Å². The minimum absolute atomic E-state index is 0.0359. The molecule has 0 unspecified atom stereocenters. The van der Waals surface area contributed by atoms with E-state index >= 15 is 0 Å². The molecule has 1 heterocycles. The molecular weight excluding hydrogens is 324 g/mol. The van der Waals surface area contributed by atoms with Crippen molar-refractivity contribution in [2.75, 3.05) is 6.61 Å². The normalized spacial score (nSPS) is 32.6. The standard InChI is InChI=1S/C18H22N2O5/c21-14(18-6-11-3-12(7-18)5-13(4-11)8-18)10-25-16(23)9-20-2-1-15(22)19-17(20)24/h1-2,11-13H,3-10H2,(H,19,22,24). The number of nitrogens with one attached hydrogen (secondary N) is 1. The molecule has 1 N–H and O–H groups in total. The highest BCUT2D eigenvalue weighted by atomic mass is 16.5. The predicted molar refractivity (Wildman–Crippen MR) is 87.9 cm³/mol. The van der Waals surface area contributed by atoms with Gasteiger partial charge in [-0.1, -0.05) is 0 Å². The molecule has 0 aliphatic heterocycles. The van der Waals surface area contributed by atoms with Crippen molar-refractivity contribution in [3.8, 4) is 0 Å². The van der Waals surface area contributed by atoms with Gasteiger partial charge in [0.05, 0.1) is 0 Å². The molecule has 4 bridgehead atoms. The topological polar surface area (TPSA) is 98.2 Å². The van der Waals surface area contributed by atoms with Gasteiger partial charge in [-0.3, -0.25) is 23.9 Å². The number of ether oxygens (including phenoxy) is 1. The van der Waals surface area contributed by atoms with Gasteiger partial charge in [-0.2, -0.15) is 0 Å². The zero-order valence-electron chi connectivity index (χ0n) is 14.0. The van der Waals surface area contributed by atoms with Gasteiger partial charge >= 0.3 is 11.7 Å². The summed E-state index contributed by atoms with van der Waals surface area (Å²) in [6.45, 7) is -0.535. The fourth-order valence-corrected chi connectivity index (χ4v) is 5.50. The number of esters is 1. The average molecular weight is 346 g/mol. The van der Waals surface area contributed by atoms with E-state index in [0.717, 1.165) is 29.9 Å². The molecule has 4 saturated carbocycles. The van der Waals surface area contributed by atoms with Crippen LogP contribution in [0.25, 0.3) is 0 Å². The van der Waals surface area contributed by atoms with Gasteiger partial charge in [-0.15, -0.1) is 0 Å². The Balaban J connectivity index is 1.36. The third-order valence-electron chi connectivity index (χ3n) is 6.19. The molecular formula is C18H22N2O5. The van der Waals surface area contributed by atoms with Gasteiger partial charge in [0.1, 0.15) is 6.54 Å². The van der Waals surface area contributed by atoms with E-state index in [0.29, 0.717) is 17.8 Å². The third-order valence-corrected chi connectivity index (χ3v) is 6.19. The fourth-order valence-electron chi connectivity index (χ4n) is 5.50. The van der Waals surface area contributed by atoms with Crippen LogP contribution >= 0.6 is 0 Å². The van der Waals surface area contributed by atoms with E-state index in [9.17, 15) is 19.2 Å². The molecule has 0 saturated heterocycles. The number of ketones is 1. The van der Waals surface area contributed by atoms with Crippen molar-refractivity contribution in [1.82, 2.24) is 9.55 Å². The second-order valence-corrected chi connectivity index (χ2v) is 8.02. The van der Waals surface area contributed by atoms with Crippen molar-refractivity contribution in [2.45, 2.75) is 45.1 Å². The summed E-state index contributed by atoms with van der Waals surface area (Å²) in [5, 5.41) is 0. The summed E-state index contributed by atoms with van der Waals surface area (Å²) in [4.78, 5) is 49.4. The third kappa shape index (κ3) is 3.07. The molecule has 4 fully saturated rings. The molecule has 4 aliphatic rings. The van der Waals surface area contributed by atoms with Gasteiger partial charge in [-0.05, 0) is 56.3 Å². The molecule has 7 nitrogen and oxygen atoms in total. The van der Waals surface area contributed by atoms with Crippen LogP contribution in [0.4, 0.5) is 0 Å². The first-order chi connectivity index (χ1) is 11.9. The largest absolute Gasteiger partial charge is 0.456 e. The maximum atomic E-state index is 12.8. The second kappa shape index (κ2) is 5.97. The van der Waals surface area contributed by atoms with E-state index in [2.05, 4.69) is 4.98 Å². The number of carbonyl (C=O) groups is 2. The van der Waals surface area contributed by atoms with Crippen LogP contribution in [0.2, 0.25) is 0 Å². The zero-order valence-corrected chi connectivity index (χ0v) is 14.0. The lowest BCUT2D eigenvalue weighted by Gasteiger charge is -2.55. The van der Waals surface area contributed by atoms with Gasteiger partial charge in [0.25, 0.3) is 5.56 Å². The highest BCUT2D eigenvalue weighted by Crippen LogP contribution is 2.60. The first-order valence-electron chi connectivity index (χ1n) is 8.92. The summed E-state index contributed by atoms with van der Waals surface area (Å²) in [5.74, 6) is 1.36. The summed E-state index contributed by atoms with van der Waals surface area (Å²) < 4.78 is 6.20. The van der Waals surface area contributed by atoms with Crippen LogP contribution in [0, 0.1) is 23.2 Å². The number of aromatic amines is 1. The summed E-state index contributed by atoms with van der Waals surface area (Å²) in [5.41, 5.74) is -1.48. The van der Waals surface area contributed by atoms with Gasteiger partial charge in [0.2, 0.25) is 0 Å². The molecule has 4 aliphatic carbocycles. The van der Waals surface area contributed by atoms with Gasteiger partial charge in [0, 0.05) is 17.7 Å². The van der Waals surface area contributed by atoms with Crippen molar-refractivity contribution in [3.05, 3.63) is 33.1 Å². The van der Waals surface area contributed by atoms with Crippen LogP contribution in [-0.4, -0.2) is 27.9 Å². The molecule has 5 rings (SSSR count). The van der Waals surface area contributed by atoms with E-state index in [1.807, 2.05) is 0 Å². The summed E-state index contributed by atoms with van der Waals surface area (Å²) >= 11 is 0. The number of H-pyrrole nitrogens is 1. The first kappa shape index (κ1) is 16.3. The lowest BCUT2D eigenvalue weighted by atomic mass is 9.48. The Morgan fingerprint density at radius 2 is 1.72 bits per heavy atom. The molecule has 0 spiro atoms. The molecule has 0 atom stereocenters. The Bertz CT molecular complexity index is 786. The van der Waals surface area contributed by atoms with Crippen LogP contribution in [0.15, 0.2) is 21.9 Å². The van der Waals surface area contributed by atoms with Crippen LogP contribution in [0.1, 0.15) is 38.5 Å². The van der Waals surface area contributed by atoms with Crippen molar-refractivity contribution in [3.63, 3.8) is 0 Å². The minimum atomic E-state index is -0.670. The van der Waals surface area contributed by atoms with Crippen LogP contribution < -0.4 is 11.2 Å².